The first-order chi connectivity index (χ1) is 17.1. The Bertz CT molecular complexity index is 1340. The largest absolute Gasteiger partial charge is 0.461 e. The summed E-state index contributed by atoms with van der Waals surface area (Å²) in [5, 5.41) is 18.0. The molecule has 2 N–H and O–H groups in total. The average Bonchev–Trinajstić information content (AvgIpc) is 3.60. The van der Waals surface area contributed by atoms with E-state index < -0.39 is 6.04 Å². The van der Waals surface area contributed by atoms with E-state index in [-0.39, 0.29) is 11.8 Å². The highest BCUT2D eigenvalue weighted by atomic mass is 35.5. The quantitative estimate of drug-likeness (QED) is 0.343. The molecule has 0 radical (unpaired) electrons. The van der Waals surface area contributed by atoms with Crippen LogP contribution in [-0.2, 0) is 10.5 Å². The standard InChI is InChI=1S/C23H21ClN6O3S2/c24-14-5-3-6-15(11-14)30-20(18-8-4-10-33-18)28-29-23(30)35-13-19-26-17(12-34-19)22(32)27-16-7-1-2-9-25-21(16)31/h3-6,8,10-12,16H,1-2,7,9,13H2,(H,25,31)(H,27,32). The van der Waals surface area contributed by atoms with E-state index in [9.17, 15) is 9.59 Å². The van der Waals surface area contributed by atoms with Crippen LogP contribution in [0.3, 0.4) is 0 Å². The summed E-state index contributed by atoms with van der Waals surface area (Å²) >= 11 is 9.05. The molecule has 1 fully saturated rings. The van der Waals surface area contributed by atoms with Gasteiger partial charge in [0.15, 0.2) is 10.9 Å². The molecule has 0 bridgehead atoms. The lowest BCUT2D eigenvalue weighted by atomic mass is 10.1. The van der Waals surface area contributed by atoms with Crippen molar-refractivity contribution in [1.82, 2.24) is 30.4 Å². The number of nitrogens with zero attached hydrogens (tertiary/aromatic N) is 4. The third-order valence-electron chi connectivity index (χ3n) is 5.39. The molecule has 0 spiro atoms. The van der Waals surface area contributed by atoms with Gasteiger partial charge in [0.2, 0.25) is 11.7 Å². The molecule has 1 aliphatic heterocycles. The summed E-state index contributed by atoms with van der Waals surface area (Å²) in [5.41, 5.74) is 1.10. The van der Waals surface area contributed by atoms with Gasteiger partial charge in [-0.05, 0) is 49.6 Å². The second-order valence-corrected chi connectivity index (χ2v) is 10.1. The van der Waals surface area contributed by atoms with Crippen LogP contribution in [0.15, 0.2) is 57.6 Å². The molecule has 35 heavy (non-hydrogen) atoms. The van der Waals surface area contributed by atoms with Gasteiger partial charge >= 0.3 is 0 Å². The Morgan fingerprint density at radius 3 is 3.03 bits per heavy atom. The van der Waals surface area contributed by atoms with E-state index in [0.29, 0.717) is 46.2 Å². The summed E-state index contributed by atoms with van der Waals surface area (Å²) in [6.07, 6.45) is 4.01. The Balaban J connectivity index is 1.31. The lowest BCUT2D eigenvalue weighted by Gasteiger charge is -2.14. The minimum atomic E-state index is -0.527. The maximum absolute atomic E-state index is 12.7. The first-order valence-corrected chi connectivity index (χ1v) is 13.2. The fraction of sp³-hybridized carbons (Fsp3) is 0.261. The molecule has 1 aromatic carbocycles. The topological polar surface area (TPSA) is 115 Å². The minimum Gasteiger partial charge on any atom is -0.461 e. The van der Waals surface area contributed by atoms with Crippen molar-refractivity contribution in [2.24, 2.45) is 0 Å². The van der Waals surface area contributed by atoms with Crippen LogP contribution in [0.4, 0.5) is 0 Å². The van der Waals surface area contributed by atoms with E-state index in [1.165, 1.54) is 23.1 Å². The predicted octanol–water partition coefficient (Wildman–Crippen LogP) is 4.33. The van der Waals surface area contributed by atoms with Gasteiger partial charge in [-0.3, -0.25) is 14.2 Å². The van der Waals surface area contributed by atoms with Gasteiger partial charge in [-0.25, -0.2) is 4.98 Å². The summed E-state index contributed by atoms with van der Waals surface area (Å²) in [5.74, 6) is 1.13. The molecule has 1 saturated heterocycles. The number of amides is 2. The van der Waals surface area contributed by atoms with E-state index in [4.69, 9.17) is 16.0 Å². The number of carbonyl (C=O) groups excluding carboxylic acids is 2. The smallest absolute Gasteiger partial charge is 0.271 e. The highest BCUT2D eigenvalue weighted by Crippen LogP contribution is 2.31. The highest BCUT2D eigenvalue weighted by molar-refractivity contribution is 7.98. The van der Waals surface area contributed by atoms with Crippen LogP contribution in [0.25, 0.3) is 17.3 Å². The number of aromatic nitrogens is 4. The molecule has 4 heterocycles. The van der Waals surface area contributed by atoms with Crippen LogP contribution >= 0.6 is 34.7 Å². The van der Waals surface area contributed by atoms with Gasteiger partial charge in [0.05, 0.1) is 17.7 Å². The minimum absolute atomic E-state index is 0.144. The van der Waals surface area contributed by atoms with Crippen LogP contribution < -0.4 is 10.6 Å². The zero-order chi connectivity index (χ0) is 24.2. The van der Waals surface area contributed by atoms with Crippen molar-refractivity contribution < 1.29 is 14.0 Å². The summed E-state index contributed by atoms with van der Waals surface area (Å²) in [6, 6.07) is 10.5. The number of rotatable bonds is 7. The molecular formula is C23H21ClN6O3S2. The summed E-state index contributed by atoms with van der Waals surface area (Å²) in [7, 11) is 0. The van der Waals surface area contributed by atoms with Crippen LogP contribution in [0.2, 0.25) is 5.02 Å². The molecule has 12 heteroatoms. The molecule has 0 saturated carbocycles. The zero-order valence-corrected chi connectivity index (χ0v) is 20.8. The molecule has 2 amide bonds. The van der Waals surface area contributed by atoms with E-state index in [1.807, 2.05) is 28.8 Å². The molecule has 1 unspecified atom stereocenters. The number of carbonyl (C=O) groups is 2. The Morgan fingerprint density at radius 2 is 2.20 bits per heavy atom. The number of nitrogens with one attached hydrogen (secondary N) is 2. The third-order valence-corrected chi connectivity index (χ3v) is 7.60. The summed E-state index contributed by atoms with van der Waals surface area (Å²) in [4.78, 5) is 29.3. The molecule has 1 aliphatic rings. The number of thioether (sulfide) groups is 1. The lowest BCUT2D eigenvalue weighted by molar-refractivity contribution is -0.122. The Morgan fingerprint density at radius 1 is 1.29 bits per heavy atom. The third kappa shape index (κ3) is 5.42. The molecule has 4 aromatic rings. The number of benzene rings is 1. The van der Waals surface area contributed by atoms with Crippen LogP contribution in [0.5, 0.6) is 0 Å². The van der Waals surface area contributed by atoms with Crippen molar-refractivity contribution in [3.63, 3.8) is 0 Å². The van der Waals surface area contributed by atoms with Gasteiger partial charge < -0.3 is 15.1 Å². The molecule has 180 valence electrons. The fourth-order valence-corrected chi connectivity index (χ4v) is 5.62. The van der Waals surface area contributed by atoms with Gasteiger partial charge in [0.25, 0.3) is 5.91 Å². The van der Waals surface area contributed by atoms with E-state index in [2.05, 4.69) is 25.8 Å². The van der Waals surface area contributed by atoms with Crippen molar-refractivity contribution in [3.05, 3.63) is 63.8 Å². The number of hydrogen-bond acceptors (Lipinski definition) is 8. The number of hydrogen-bond donors (Lipinski definition) is 2. The van der Waals surface area contributed by atoms with Gasteiger partial charge in [0, 0.05) is 16.9 Å². The van der Waals surface area contributed by atoms with Gasteiger partial charge in [0.1, 0.15) is 16.7 Å². The number of furan rings is 1. The van der Waals surface area contributed by atoms with Crippen LogP contribution in [0, 0.1) is 0 Å². The second-order valence-electron chi connectivity index (χ2n) is 7.83. The average molecular weight is 529 g/mol. The Hall–Kier alpha value is -3.15. The fourth-order valence-electron chi connectivity index (χ4n) is 3.69. The molecule has 9 nitrogen and oxygen atoms in total. The normalized spacial score (nSPS) is 16.0. The Labute approximate surface area is 214 Å². The van der Waals surface area contributed by atoms with Crippen molar-refractivity contribution >= 4 is 46.5 Å². The molecule has 5 rings (SSSR count). The monoisotopic (exact) mass is 528 g/mol. The number of thiazole rings is 1. The molecular weight excluding hydrogens is 508 g/mol. The molecule has 3 aromatic heterocycles. The first-order valence-electron chi connectivity index (χ1n) is 11.0. The molecule has 0 aliphatic carbocycles. The summed E-state index contributed by atoms with van der Waals surface area (Å²) < 4.78 is 7.42. The van der Waals surface area contributed by atoms with Crippen molar-refractivity contribution in [2.45, 2.75) is 36.2 Å². The SMILES string of the molecule is O=C(NC1CCCCNC1=O)c1csc(CSc2nnc(-c3ccco3)n2-c2cccc(Cl)c2)n1. The van der Waals surface area contributed by atoms with E-state index in [0.717, 1.165) is 23.5 Å². The maximum atomic E-state index is 12.7. The lowest BCUT2D eigenvalue weighted by Crippen LogP contribution is -2.45. The van der Waals surface area contributed by atoms with Gasteiger partial charge in [-0.15, -0.1) is 21.5 Å². The molecule has 1 atom stereocenters. The van der Waals surface area contributed by atoms with E-state index in [1.54, 1.807) is 23.8 Å². The zero-order valence-electron chi connectivity index (χ0n) is 18.4. The van der Waals surface area contributed by atoms with Gasteiger partial charge in [-0.2, -0.15) is 0 Å². The van der Waals surface area contributed by atoms with Crippen molar-refractivity contribution in [3.8, 4) is 17.3 Å². The van der Waals surface area contributed by atoms with Gasteiger partial charge in [-0.1, -0.05) is 29.4 Å². The Kier molecular flexibility index (Phi) is 7.16. The predicted molar refractivity (Wildman–Crippen MR) is 134 cm³/mol. The second kappa shape index (κ2) is 10.6. The van der Waals surface area contributed by atoms with E-state index >= 15 is 0 Å². The number of halogens is 1. The highest BCUT2D eigenvalue weighted by Gasteiger charge is 2.24. The van der Waals surface area contributed by atoms with Crippen LogP contribution in [0.1, 0.15) is 34.8 Å². The summed E-state index contributed by atoms with van der Waals surface area (Å²) in [6.45, 7) is 0.644. The first kappa shape index (κ1) is 23.6. The maximum Gasteiger partial charge on any atom is 0.271 e. The van der Waals surface area contributed by atoms with Crippen molar-refractivity contribution in [1.29, 1.82) is 0 Å². The van der Waals surface area contributed by atoms with Crippen molar-refractivity contribution in [2.75, 3.05) is 6.54 Å². The van der Waals surface area contributed by atoms with Crippen LogP contribution in [-0.4, -0.2) is 44.1 Å².